The number of amides is 2. The smallest absolute Gasteiger partial charge is 0.344 e. The van der Waals surface area contributed by atoms with Crippen molar-refractivity contribution in [1.82, 2.24) is 0 Å². The van der Waals surface area contributed by atoms with Gasteiger partial charge in [0.2, 0.25) is 0 Å². The third kappa shape index (κ3) is 5.59. The lowest BCUT2D eigenvalue weighted by molar-refractivity contribution is -0.145. The molecule has 2 amide bonds. The summed E-state index contributed by atoms with van der Waals surface area (Å²) in [5.41, 5.74) is 1.20. The molecular weight excluding hydrogens is 533 g/mol. The first-order valence-electron chi connectivity index (χ1n) is 9.52. The van der Waals surface area contributed by atoms with E-state index in [1.54, 1.807) is 49.4 Å². The molecule has 31 heavy (non-hydrogen) atoms. The number of carbonyl (C=O) groups excluding carboxylic acids is 3. The minimum Gasteiger partial charge on any atom is -0.490 e. The summed E-state index contributed by atoms with van der Waals surface area (Å²) in [4.78, 5) is 38.3. The molecule has 0 aromatic heterocycles. The first-order valence-corrected chi connectivity index (χ1v) is 11.4. The molecule has 0 bridgehead atoms. The SMILES string of the molecule is CCOC(=O)COc1c(I)cc(/C=C2\SC(=O)N(c3ccccc3)C2=O)cc1OCC. The zero-order valence-electron chi connectivity index (χ0n) is 16.9. The highest BCUT2D eigenvalue weighted by Gasteiger charge is 2.36. The summed E-state index contributed by atoms with van der Waals surface area (Å²) in [6, 6.07) is 12.3. The van der Waals surface area contributed by atoms with E-state index < -0.39 is 5.97 Å². The predicted molar refractivity (Wildman–Crippen MR) is 127 cm³/mol. The number of halogens is 1. The van der Waals surface area contributed by atoms with Gasteiger partial charge in [0.1, 0.15) is 0 Å². The Morgan fingerprint density at radius 1 is 1.10 bits per heavy atom. The van der Waals surface area contributed by atoms with Crippen LogP contribution in [0.5, 0.6) is 11.5 Å². The zero-order valence-corrected chi connectivity index (χ0v) is 19.9. The molecule has 1 aliphatic rings. The van der Waals surface area contributed by atoms with Crippen molar-refractivity contribution in [2.45, 2.75) is 13.8 Å². The topological polar surface area (TPSA) is 82.1 Å². The lowest BCUT2D eigenvalue weighted by Crippen LogP contribution is -2.27. The lowest BCUT2D eigenvalue weighted by atomic mass is 10.1. The second kappa shape index (κ2) is 10.7. The molecule has 0 atom stereocenters. The molecule has 7 nitrogen and oxygen atoms in total. The van der Waals surface area contributed by atoms with Gasteiger partial charge in [-0.25, -0.2) is 9.69 Å². The fourth-order valence-corrected chi connectivity index (χ4v) is 4.45. The third-order valence-corrected chi connectivity index (χ3v) is 5.75. The van der Waals surface area contributed by atoms with Crippen LogP contribution in [0.3, 0.4) is 0 Å². The van der Waals surface area contributed by atoms with Crippen molar-refractivity contribution in [2.24, 2.45) is 0 Å². The van der Waals surface area contributed by atoms with Gasteiger partial charge in [0.25, 0.3) is 11.1 Å². The molecule has 0 N–H and O–H groups in total. The van der Waals surface area contributed by atoms with Gasteiger partial charge in [-0.2, -0.15) is 0 Å². The van der Waals surface area contributed by atoms with Crippen LogP contribution in [-0.4, -0.2) is 36.9 Å². The molecule has 9 heteroatoms. The number of benzene rings is 2. The van der Waals surface area contributed by atoms with Gasteiger partial charge in [-0.1, -0.05) is 18.2 Å². The van der Waals surface area contributed by atoms with Crippen LogP contribution in [0.15, 0.2) is 47.4 Å². The Kier molecular flexibility index (Phi) is 7.97. The number of hydrogen-bond donors (Lipinski definition) is 0. The van der Waals surface area contributed by atoms with Gasteiger partial charge in [-0.15, -0.1) is 0 Å². The molecule has 2 aromatic carbocycles. The highest BCUT2D eigenvalue weighted by molar-refractivity contribution is 14.1. The number of esters is 1. The van der Waals surface area contributed by atoms with Crippen LogP contribution in [0.25, 0.3) is 6.08 Å². The second-order valence-corrected chi connectivity index (χ2v) is 8.36. The van der Waals surface area contributed by atoms with Crippen LogP contribution in [0, 0.1) is 3.57 Å². The minimum atomic E-state index is -0.473. The van der Waals surface area contributed by atoms with Gasteiger partial charge in [0, 0.05) is 0 Å². The summed E-state index contributed by atoms with van der Waals surface area (Å²) in [6.07, 6.45) is 1.65. The molecule has 162 valence electrons. The van der Waals surface area contributed by atoms with Crippen LogP contribution in [0.1, 0.15) is 19.4 Å². The molecule has 0 aliphatic carbocycles. The van der Waals surface area contributed by atoms with E-state index in [0.29, 0.717) is 37.8 Å². The second-order valence-electron chi connectivity index (χ2n) is 6.21. The fourth-order valence-electron chi connectivity index (χ4n) is 2.83. The summed E-state index contributed by atoms with van der Waals surface area (Å²) >= 11 is 2.96. The molecule has 1 saturated heterocycles. The van der Waals surface area contributed by atoms with E-state index in [2.05, 4.69) is 22.6 Å². The molecular formula is C22H20INO6S. The number of anilines is 1. The van der Waals surface area contributed by atoms with E-state index in [1.807, 2.05) is 13.0 Å². The van der Waals surface area contributed by atoms with Crippen molar-refractivity contribution in [3.63, 3.8) is 0 Å². The summed E-state index contributed by atoms with van der Waals surface area (Å²) < 4.78 is 16.9. The van der Waals surface area contributed by atoms with E-state index in [0.717, 1.165) is 16.7 Å². The number of hydrogen-bond acceptors (Lipinski definition) is 7. The largest absolute Gasteiger partial charge is 0.490 e. The van der Waals surface area contributed by atoms with Crippen LogP contribution >= 0.6 is 34.4 Å². The van der Waals surface area contributed by atoms with Crippen LogP contribution in [-0.2, 0) is 14.3 Å². The zero-order chi connectivity index (χ0) is 22.4. The number of carbonyl (C=O) groups is 3. The number of nitrogens with zero attached hydrogens (tertiary/aromatic N) is 1. The maximum atomic E-state index is 12.8. The average Bonchev–Trinajstić information content (AvgIpc) is 3.01. The van der Waals surface area contributed by atoms with Crippen molar-refractivity contribution in [1.29, 1.82) is 0 Å². The van der Waals surface area contributed by atoms with Crippen molar-refractivity contribution in [3.8, 4) is 11.5 Å². The number of imide groups is 1. The van der Waals surface area contributed by atoms with Crippen molar-refractivity contribution in [2.75, 3.05) is 24.7 Å². The molecule has 2 aromatic rings. The minimum absolute atomic E-state index is 0.237. The molecule has 1 aliphatic heterocycles. The van der Waals surface area contributed by atoms with Crippen molar-refractivity contribution < 1.29 is 28.6 Å². The summed E-state index contributed by atoms with van der Waals surface area (Å²) in [7, 11) is 0. The summed E-state index contributed by atoms with van der Waals surface area (Å²) in [5, 5.41) is -0.350. The number of thioether (sulfide) groups is 1. The van der Waals surface area contributed by atoms with Gasteiger partial charge < -0.3 is 14.2 Å². The van der Waals surface area contributed by atoms with Gasteiger partial charge in [0.15, 0.2) is 18.1 Å². The number of rotatable bonds is 8. The molecule has 0 unspecified atom stereocenters. The third-order valence-electron chi connectivity index (χ3n) is 4.08. The summed E-state index contributed by atoms with van der Waals surface area (Å²) in [5.74, 6) is 0.00787. The van der Waals surface area contributed by atoms with Crippen LogP contribution in [0.2, 0.25) is 0 Å². The Labute approximate surface area is 197 Å². The quantitative estimate of drug-likeness (QED) is 0.262. The molecule has 0 radical (unpaired) electrons. The molecule has 0 saturated carbocycles. The Bertz CT molecular complexity index is 1020. The van der Waals surface area contributed by atoms with Gasteiger partial charge >= 0.3 is 5.97 Å². The average molecular weight is 553 g/mol. The maximum absolute atomic E-state index is 12.8. The summed E-state index contributed by atoms with van der Waals surface area (Å²) in [6.45, 7) is 3.98. The van der Waals surface area contributed by atoms with Crippen LogP contribution < -0.4 is 14.4 Å². The Morgan fingerprint density at radius 2 is 1.84 bits per heavy atom. The standard InChI is InChI=1S/C22H20INO6S/c1-3-28-17-11-14(10-16(23)20(17)30-13-19(25)29-4-2)12-18-21(26)24(22(27)31-18)15-8-6-5-7-9-15/h5-12H,3-4,13H2,1-2H3/b18-12-. The van der Waals surface area contributed by atoms with Crippen LogP contribution in [0.4, 0.5) is 10.5 Å². The molecule has 0 spiro atoms. The Hall–Kier alpha value is -2.53. The number of ether oxygens (including phenoxy) is 3. The van der Waals surface area contributed by atoms with E-state index in [-0.39, 0.29) is 24.4 Å². The Morgan fingerprint density at radius 3 is 2.52 bits per heavy atom. The first kappa shape index (κ1) is 23.1. The normalized spacial score (nSPS) is 14.8. The molecule has 1 heterocycles. The van der Waals surface area contributed by atoms with E-state index >= 15 is 0 Å². The van der Waals surface area contributed by atoms with E-state index in [1.165, 1.54) is 0 Å². The first-order chi connectivity index (χ1) is 14.9. The Balaban J connectivity index is 1.87. The lowest BCUT2D eigenvalue weighted by Gasteiger charge is -2.14. The molecule has 3 rings (SSSR count). The highest BCUT2D eigenvalue weighted by atomic mass is 127. The van der Waals surface area contributed by atoms with Gasteiger partial charge in [0.05, 0.1) is 27.4 Å². The van der Waals surface area contributed by atoms with Crippen molar-refractivity contribution >= 4 is 63.2 Å². The van der Waals surface area contributed by atoms with E-state index in [9.17, 15) is 14.4 Å². The number of para-hydroxylation sites is 1. The monoisotopic (exact) mass is 553 g/mol. The van der Waals surface area contributed by atoms with Gasteiger partial charge in [-0.05, 0) is 84.1 Å². The maximum Gasteiger partial charge on any atom is 0.344 e. The highest BCUT2D eigenvalue weighted by Crippen LogP contribution is 2.38. The van der Waals surface area contributed by atoms with E-state index in [4.69, 9.17) is 14.2 Å². The molecule has 1 fully saturated rings. The van der Waals surface area contributed by atoms with Crippen molar-refractivity contribution in [3.05, 3.63) is 56.5 Å². The predicted octanol–water partition coefficient (Wildman–Crippen LogP) is 4.87. The van der Waals surface area contributed by atoms with Gasteiger partial charge in [-0.3, -0.25) is 9.59 Å². The fraction of sp³-hybridized carbons (Fsp3) is 0.227.